The minimum atomic E-state index is -0.283. The maximum atomic E-state index is 13.0. The average Bonchev–Trinajstić information content (AvgIpc) is 3.52. The summed E-state index contributed by atoms with van der Waals surface area (Å²) in [5.74, 6) is -0.173. The molecule has 0 aromatic heterocycles. The predicted molar refractivity (Wildman–Crippen MR) is 128 cm³/mol. The first-order chi connectivity index (χ1) is 14.9. The lowest BCUT2D eigenvalue weighted by Gasteiger charge is -2.19. The van der Waals surface area contributed by atoms with Gasteiger partial charge in [-0.15, -0.1) is 0 Å². The highest BCUT2D eigenvalue weighted by Gasteiger charge is 2.60. The summed E-state index contributed by atoms with van der Waals surface area (Å²) < 4.78 is 0. The average molecular weight is 412 g/mol. The number of benzene rings is 3. The SMILES string of the molecule is Cc1ccc(C2(c3ccc(C)cc3)C[C@H]2C(=O)N/N=C\c2ccc(N(C)C)cc2)cc1. The van der Waals surface area contributed by atoms with Gasteiger partial charge in [0, 0.05) is 25.2 Å². The Morgan fingerprint density at radius 1 is 0.903 bits per heavy atom. The number of amides is 1. The normalized spacial score (nSPS) is 16.8. The van der Waals surface area contributed by atoms with Gasteiger partial charge in [-0.05, 0) is 49.1 Å². The van der Waals surface area contributed by atoms with Crippen LogP contribution in [0.4, 0.5) is 5.69 Å². The van der Waals surface area contributed by atoms with Crippen LogP contribution in [0.25, 0.3) is 0 Å². The first-order valence-electron chi connectivity index (χ1n) is 10.6. The molecule has 1 saturated carbocycles. The van der Waals surface area contributed by atoms with E-state index in [0.29, 0.717) is 0 Å². The Bertz CT molecular complexity index is 1040. The third-order valence-corrected chi connectivity index (χ3v) is 6.21. The molecule has 158 valence electrons. The van der Waals surface area contributed by atoms with Gasteiger partial charge in [-0.3, -0.25) is 4.79 Å². The molecule has 0 unspecified atom stereocenters. The Morgan fingerprint density at radius 2 is 1.42 bits per heavy atom. The van der Waals surface area contributed by atoms with E-state index in [1.165, 1.54) is 22.3 Å². The number of anilines is 1. The maximum absolute atomic E-state index is 13.0. The standard InChI is InChI=1S/C27H29N3O/c1-19-5-11-22(12-6-19)27(23-13-7-20(2)8-14-23)17-25(27)26(31)29-28-18-21-9-15-24(16-10-21)30(3)4/h5-16,18,25H,17H2,1-4H3,(H,29,31)/b28-18-/t25-/m0/s1. The number of nitrogens with one attached hydrogen (secondary N) is 1. The zero-order chi connectivity index (χ0) is 22.0. The van der Waals surface area contributed by atoms with Crippen molar-refractivity contribution in [3.8, 4) is 0 Å². The van der Waals surface area contributed by atoms with Crippen molar-refractivity contribution in [2.75, 3.05) is 19.0 Å². The molecule has 4 rings (SSSR count). The van der Waals surface area contributed by atoms with E-state index < -0.39 is 0 Å². The van der Waals surface area contributed by atoms with Crippen molar-refractivity contribution in [2.45, 2.75) is 25.7 Å². The van der Waals surface area contributed by atoms with Crippen LogP contribution in [-0.4, -0.2) is 26.2 Å². The number of hydrogen-bond donors (Lipinski definition) is 1. The van der Waals surface area contributed by atoms with Gasteiger partial charge in [-0.1, -0.05) is 71.8 Å². The van der Waals surface area contributed by atoms with E-state index in [2.05, 4.69) is 72.9 Å². The van der Waals surface area contributed by atoms with Gasteiger partial charge >= 0.3 is 0 Å². The van der Waals surface area contributed by atoms with Crippen LogP contribution in [0.5, 0.6) is 0 Å². The lowest BCUT2D eigenvalue weighted by molar-refractivity contribution is -0.122. The Balaban J connectivity index is 1.52. The quantitative estimate of drug-likeness (QED) is 0.467. The molecule has 0 heterocycles. The summed E-state index contributed by atoms with van der Waals surface area (Å²) in [6.45, 7) is 4.17. The molecule has 1 aliphatic carbocycles. The van der Waals surface area contributed by atoms with Gasteiger partial charge in [-0.2, -0.15) is 5.10 Å². The summed E-state index contributed by atoms with van der Waals surface area (Å²) in [4.78, 5) is 15.1. The first kappa shape index (κ1) is 20.9. The van der Waals surface area contributed by atoms with E-state index in [4.69, 9.17) is 0 Å². The smallest absolute Gasteiger partial charge is 0.244 e. The van der Waals surface area contributed by atoms with Crippen LogP contribution in [-0.2, 0) is 10.2 Å². The number of carbonyl (C=O) groups is 1. The summed E-state index contributed by atoms with van der Waals surface area (Å²) in [5.41, 5.74) is 9.36. The molecule has 0 bridgehead atoms. The van der Waals surface area contributed by atoms with E-state index in [1.54, 1.807) is 6.21 Å². The van der Waals surface area contributed by atoms with Crippen molar-refractivity contribution in [2.24, 2.45) is 11.0 Å². The van der Waals surface area contributed by atoms with Crippen LogP contribution < -0.4 is 10.3 Å². The molecule has 4 nitrogen and oxygen atoms in total. The number of hydrazone groups is 1. The highest BCUT2D eigenvalue weighted by atomic mass is 16.2. The van der Waals surface area contributed by atoms with Crippen molar-refractivity contribution >= 4 is 17.8 Å². The van der Waals surface area contributed by atoms with Gasteiger partial charge in [0.15, 0.2) is 0 Å². The van der Waals surface area contributed by atoms with Crippen LogP contribution in [0.1, 0.15) is 34.2 Å². The van der Waals surface area contributed by atoms with Crippen molar-refractivity contribution in [3.63, 3.8) is 0 Å². The second-order valence-electron chi connectivity index (χ2n) is 8.68. The molecule has 0 radical (unpaired) electrons. The van der Waals surface area contributed by atoms with Gasteiger partial charge < -0.3 is 4.90 Å². The maximum Gasteiger partial charge on any atom is 0.244 e. The number of hydrogen-bond acceptors (Lipinski definition) is 3. The summed E-state index contributed by atoms with van der Waals surface area (Å²) >= 11 is 0. The molecule has 1 amide bonds. The first-order valence-corrected chi connectivity index (χ1v) is 10.6. The second-order valence-corrected chi connectivity index (χ2v) is 8.68. The summed E-state index contributed by atoms with van der Waals surface area (Å²) in [6, 6.07) is 25.1. The van der Waals surface area contributed by atoms with E-state index in [0.717, 1.165) is 17.7 Å². The minimum absolute atomic E-state index is 0.0395. The van der Waals surface area contributed by atoms with E-state index in [1.807, 2.05) is 43.3 Å². The zero-order valence-electron chi connectivity index (χ0n) is 18.6. The Morgan fingerprint density at radius 3 is 1.90 bits per heavy atom. The van der Waals surface area contributed by atoms with Gasteiger partial charge in [0.05, 0.1) is 12.1 Å². The monoisotopic (exact) mass is 411 g/mol. The van der Waals surface area contributed by atoms with Crippen molar-refractivity contribution < 1.29 is 4.79 Å². The summed E-state index contributed by atoms with van der Waals surface area (Å²) in [5, 5.41) is 4.22. The molecule has 0 aliphatic heterocycles. The largest absolute Gasteiger partial charge is 0.378 e. The number of rotatable bonds is 6. The van der Waals surface area contributed by atoms with Gasteiger partial charge in [0.25, 0.3) is 0 Å². The predicted octanol–water partition coefficient (Wildman–Crippen LogP) is 4.83. The third kappa shape index (κ3) is 4.24. The number of nitrogens with zero attached hydrogens (tertiary/aromatic N) is 2. The molecule has 4 heteroatoms. The Labute approximate surface area is 184 Å². The van der Waals surface area contributed by atoms with Crippen LogP contribution in [0.2, 0.25) is 0 Å². The Hall–Kier alpha value is -3.40. The zero-order valence-corrected chi connectivity index (χ0v) is 18.6. The van der Waals surface area contributed by atoms with Crippen LogP contribution >= 0.6 is 0 Å². The van der Waals surface area contributed by atoms with Crippen LogP contribution in [0.3, 0.4) is 0 Å². The molecule has 3 aromatic rings. The Kier molecular flexibility index (Phi) is 5.64. The fraction of sp³-hybridized carbons (Fsp3) is 0.259. The molecular formula is C27H29N3O. The fourth-order valence-electron chi connectivity index (χ4n) is 4.19. The van der Waals surface area contributed by atoms with Crippen LogP contribution in [0, 0.1) is 19.8 Å². The number of aryl methyl sites for hydroxylation is 2. The summed E-state index contributed by atoms with van der Waals surface area (Å²) in [6.07, 6.45) is 2.48. The fourth-order valence-corrected chi connectivity index (χ4v) is 4.19. The van der Waals surface area contributed by atoms with Crippen molar-refractivity contribution in [1.82, 2.24) is 5.43 Å². The van der Waals surface area contributed by atoms with Gasteiger partial charge in [0.2, 0.25) is 5.91 Å². The molecule has 1 N–H and O–H groups in total. The topological polar surface area (TPSA) is 44.7 Å². The second kappa shape index (κ2) is 8.38. The molecule has 1 aliphatic rings. The van der Waals surface area contributed by atoms with Crippen LogP contribution in [0.15, 0.2) is 77.9 Å². The third-order valence-electron chi connectivity index (χ3n) is 6.21. The molecule has 1 atom stereocenters. The summed E-state index contributed by atoms with van der Waals surface area (Å²) in [7, 11) is 4.01. The van der Waals surface area contributed by atoms with E-state index >= 15 is 0 Å². The van der Waals surface area contributed by atoms with E-state index in [9.17, 15) is 4.79 Å². The van der Waals surface area contributed by atoms with Crippen molar-refractivity contribution in [3.05, 3.63) is 101 Å². The molecule has 1 fully saturated rings. The van der Waals surface area contributed by atoms with Crippen molar-refractivity contribution in [1.29, 1.82) is 0 Å². The molecule has 0 saturated heterocycles. The number of carbonyl (C=O) groups excluding carboxylic acids is 1. The molecular weight excluding hydrogens is 382 g/mol. The molecule has 0 spiro atoms. The van der Waals surface area contributed by atoms with Gasteiger partial charge in [0.1, 0.15) is 0 Å². The highest BCUT2D eigenvalue weighted by molar-refractivity contribution is 5.88. The minimum Gasteiger partial charge on any atom is -0.378 e. The lowest BCUT2D eigenvalue weighted by Crippen LogP contribution is -2.25. The highest BCUT2D eigenvalue weighted by Crippen LogP contribution is 2.59. The molecule has 31 heavy (non-hydrogen) atoms. The van der Waals surface area contributed by atoms with Gasteiger partial charge in [-0.25, -0.2) is 5.43 Å². The lowest BCUT2D eigenvalue weighted by atomic mass is 9.85. The molecule has 3 aromatic carbocycles. The van der Waals surface area contributed by atoms with E-state index in [-0.39, 0.29) is 17.2 Å².